The van der Waals surface area contributed by atoms with Crippen LogP contribution in [-0.4, -0.2) is 29.4 Å². The Hall–Kier alpha value is 0.868. The molecule has 0 unspecified atom stereocenters. The lowest BCUT2D eigenvalue weighted by Gasteiger charge is -2.66. The van der Waals surface area contributed by atoms with E-state index in [0.717, 1.165) is 0 Å². The summed E-state index contributed by atoms with van der Waals surface area (Å²) in [6.45, 7) is 16.5. The second-order valence-electron chi connectivity index (χ2n) is 9.85. The van der Waals surface area contributed by atoms with Crippen LogP contribution in [0.1, 0.15) is 52.4 Å². The van der Waals surface area contributed by atoms with Crippen molar-refractivity contribution in [3.8, 4) is 0 Å². The molecule has 0 spiro atoms. The molecule has 130 valence electrons. The van der Waals surface area contributed by atoms with Gasteiger partial charge in [-0.3, -0.25) is 0 Å². The molecule has 2 fully saturated rings. The van der Waals surface area contributed by atoms with Gasteiger partial charge < -0.3 is 0 Å². The third-order valence-corrected chi connectivity index (χ3v) is 75.1. The normalized spacial score (nSPS) is 33.5. The van der Waals surface area contributed by atoms with Gasteiger partial charge in [0.05, 0.1) is 0 Å². The van der Waals surface area contributed by atoms with Crippen LogP contribution >= 0.6 is 0 Å². The maximum absolute atomic E-state index is 2.89. The lowest BCUT2D eigenvalue weighted by Crippen LogP contribution is -2.85. The van der Waals surface area contributed by atoms with Gasteiger partial charge in [0.1, 0.15) is 0 Å². The minimum absolute atomic E-state index is 0.931. The van der Waals surface area contributed by atoms with E-state index in [-0.39, 0.29) is 0 Å². The van der Waals surface area contributed by atoms with Crippen LogP contribution in [0, 0.1) is 0 Å². The van der Waals surface area contributed by atoms with E-state index in [1.807, 2.05) is 0 Å². The second-order valence-corrected chi connectivity index (χ2v) is 47.3. The fraction of sp³-hybridized carbons (Fsp3) is 1.00. The summed E-state index contributed by atoms with van der Waals surface area (Å²) in [5.74, 6) is 0. The van der Waals surface area contributed by atoms with E-state index in [1.54, 1.807) is 61.9 Å². The fourth-order valence-corrected chi connectivity index (χ4v) is 100. The number of rotatable bonds is 6. The molecule has 0 nitrogen and oxygen atoms in total. The van der Waals surface area contributed by atoms with Crippen LogP contribution in [0.4, 0.5) is 0 Å². The monoisotopic (exact) mass is 370 g/mol. The summed E-state index contributed by atoms with van der Waals surface area (Å²) in [7, 11) is -3.79. The molecule has 0 aromatic heterocycles. The number of fused-ring (bicyclic) bond motifs is 1. The van der Waals surface area contributed by atoms with Gasteiger partial charge in [-0.15, -0.1) is 0 Å². The highest BCUT2D eigenvalue weighted by Gasteiger charge is 2.67. The van der Waals surface area contributed by atoms with Crippen molar-refractivity contribution < 1.29 is 0 Å². The summed E-state index contributed by atoms with van der Waals surface area (Å²) >= 11 is 0. The van der Waals surface area contributed by atoms with Crippen molar-refractivity contribution in [2.75, 3.05) is 0 Å². The van der Waals surface area contributed by atoms with E-state index < -0.39 is 29.4 Å². The minimum Gasteiger partial charge on any atom is -0.0715 e. The third-order valence-electron chi connectivity index (χ3n) is 8.17. The molecule has 2 aliphatic rings. The van der Waals surface area contributed by atoms with Gasteiger partial charge in [-0.25, -0.2) is 0 Å². The van der Waals surface area contributed by atoms with Gasteiger partial charge in [-0.05, 0) is 0 Å². The van der Waals surface area contributed by atoms with Crippen molar-refractivity contribution in [3.05, 3.63) is 0 Å². The van der Waals surface area contributed by atoms with Crippen LogP contribution in [0.3, 0.4) is 0 Å². The molecule has 0 saturated carbocycles. The van der Waals surface area contributed by atoms with Crippen LogP contribution in [0.5, 0.6) is 0 Å². The molecule has 0 bridgehead atoms. The molecule has 2 heterocycles. The molecule has 0 radical (unpaired) electrons. The van der Waals surface area contributed by atoms with Crippen molar-refractivity contribution in [2.45, 2.75) is 115 Å². The van der Waals surface area contributed by atoms with Crippen LogP contribution in [0.25, 0.3) is 0 Å². The van der Waals surface area contributed by atoms with Gasteiger partial charge in [0.2, 0.25) is 0 Å². The Kier molecular flexibility index (Phi) is 6.11. The Morgan fingerprint density at radius 3 is 1.09 bits per heavy atom. The molecule has 0 amide bonds. The Balaban J connectivity index is 2.53. The minimum atomic E-state index is -0.961. The van der Waals surface area contributed by atoms with Crippen LogP contribution in [0.15, 0.2) is 0 Å². The van der Waals surface area contributed by atoms with Crippen molar-refractivity contribution in [2.24, 2.45) is 0 Å². The fourth-order valence-electron chi connectivity index (χ4n) is 7.29. The van der Waals surface area contributed by atoms with E-state index in [2.05, 4.69) is 40.0 Å². The highest BCUT2D eigenvalue weighted by Crippen LogP contribution is 2.55. The zero-order chi connectivity index (χ0) is 16.5. The maximum Gasteiger partial charge on any atom is 0.0402 e. The zero-order valence-corrected chi connectivity index (χ0v) is 20.5. The maximum atomic E-state index is 2.89. The molecular formula is C18H42Si4. The molecular weight excluding hydrogens is 329 g/mol. The molecule has 2 saturated heterocycles. The van der Waals surface area contributed by atoms with E-state index in [9.17, 15) is 0 Å². The SMILES string of the molecule is CCC[Si](C)(C)[Si]12CCCC[Si]1([Si](C)(C)CCC)CCCC2. The average molecular weight is 371 g/mol. The molecule has 22 heavy (non-hydrogen) atoms. The highest BCUT2D eigenvalue weighted by atomic mass is 29.8. The first kappa shape index (κ1) is 19.2. The van der Waals surface area contributed by atoms with Crippen LogP contribution < -0.4 is 0 Å². The predicted molar refractivity (Wildman–Crippen MR) is 114 cm³/mol. The number of hydrogen-bond donors (Lipinski definition) is 0. The quantitative estimate of drug-likeness (QED) is 0.444. The Labute approximate surface area is 144 Å². The molecule has 2 aliphatic heterocycles. The van der Waals surface area contributed by atoms with Crippen LogP contribution in [0.2, 0.25) is 62.5 Å². The summed E-state index contributed by atoms with van der Waals surface area (Å²) in [6, 6.07) is 10.6. The molecule has 0 aromatic carbocycles. The van der Waals surface area contributed by atoms with E-state index in [1.165, 1.54) is 12.8 Å². The largest absolute Gasteiger partial charge is 0.0715 e. The first-order chi connectivity index (χ1) is 10.3. The van der Waals surface area contributed by atoms with Crippen molar-refractivity contribution >= 4 is 29.4 Å². The first-order valence-corrected chi connectivity index (χ1v) is 24.5. The van der Waals surface area contributed by atoms with Gasteiger partial charge in [0, 0.05) is 29.4 Å². The average Bonchev–Trinajstić information content (AvgIpc) is 2.46. The zero-order valence-electron chi connectivity index (χ0n) is 16.5. The summed E-state index contributed by atoms with van der Waals surface area (Å²) in [4.78, 5) is 0. The molecule has 2 rings (SSSR count). The number of hydrogen-bond acceptors (Lipinski definition) is 0. The van der Waals surface area contributed by atoms with Crippen molar-refractivity contribution in [3.63, 3.8) is 0 Å². The lowest BCUT2D eigenvalue weighted by molar-refractivity contribution is 0.775. The standard InChI is InChI=1S/C18H42Si4/c1-7-13-19(3,4)21-15-9-11-17-22(21,18-12-10-16-21)20(5,6)14-8-2/h7-18H2,1-6H3. The summed E-state index contributed by atoms with van der Waals surface area (Å²) in [5, 5.41) is 0. The van der Waals surface area contributed by atoms with E-state index in [4.69, 9.17) is 0 Å². The Morgan fingerprint density at radius 1 is 0.591 bits per heavy atom. The summed E-state index contributed by atoms with van der Waals surface area (Å²) in [5.41, 5.74) is 0. The molecule has 0 atom stereocenters. The van der Waals surface area contributed by atoms with Crippen LogP contribution in [-0.2, 0) is 0 Å². The molecule has 0 aliphatic carbocycles. The summed E-state index contributed by atoms with van der Waals surface area (Å²) in [6.07, 6.45) is 9.51. The smallest absolute Gasteiger partial charge is 0.0402 e. The third kappa shape index (κ3) is 2.84. The Morgan fingerprint density at radius 2 is 0.864 bits per heavy atom. The summed E-state index contributed by atoms with van der Waals surface area (Å²) < 4.78 is 0. The highest BCUT2D eigenvalue weighted by molar-refractivity contribution is 7.84. The van der Waals surface area contributed by atoms with E-state index in [0.29, 0.717) is 0 Å². The van der Waals surface area contributed by atoms with Gasteiger partial charge in [-0.2, -0.15) is 0 Å². The molecule has 0 N–H and O–H groups in total. The lowest BCUT2D eigenvalue weighted by atomic mass is 10.4. The molecule has 0 aromatic rings. The van der Waals surface area contributed by atoms with Gasteiger partial charge in [0.15, 0.2) is 0 Å². The first-order valence-electron chi connectivity index (χ1n) is 10.3. The Bertz CT molecular complexity index is 327. The molecule has 4 heteroatoms. The topological polar surface area (TPSA) is 0 Å². The predicted octanol–water partition coefficient (Wildman–Crippen LogP) is 6.94. The van der Waals surface area contributed by atoms with Gasteiger partial charge >= 0.3 is 0 Å². The van der Waals surface area contributed by atoms with Crippen molar-refractivity contribution in [1.29, 1.82) is 0 Å². The second kappa shape index (κ2) is 7.01. The van der Waals surface area contributed by atoms with Gasteiger partial charge in [0.25, 0.3) is 0 Å². The van der Waals surface area contributed by atoms with Gasteiger partial charge in [-0.1, -0.05) is 115 Å². The van der Waals surface area contributed by atoms with Crippen molar-refractivity contribution in [1.82, 2.24) is 0 Å². The van der Waals surface area contributed by atoms with E-state index >= 15 is 0 Å².